The second-order valence-electron chi connectivity index (χ2n) is 12.2. The number of anilines is 1. The SMILES string of the molecule is COC1(C(=O)Nc2ccc3[nH]nc(-c4ccnc(C(F)F)c4)c3c2)CCN(CC(=O)N2CC=C(c3ccc(-c4ncccn4)cc3)CC2)C1. The van der Waals surface area contributed by atoms with E-state index in [0.29, 0.717) is 59.7 Å². The summed E-state index contributed by atoms with van der Waals surface area (Å²) in [6.07, 6.45) is 5.32. The number of amides is 2. The molecule has 1 fully saturated rings. The number of rotatable bonds is 9. The highest BCUT2D eigenvalue weighted by molar-refractivity contribution is 6.01. The van der Waals surface area contributed by atoms with E-state index in [-0.39, 0.29) is 30.6 Å². The van der Waals surface area contributed by atoms with E-state index in [1.165, 1.54) is 24.9 Å². The van der Waals surface area contributed by atoms with Crippen LogP contribution in [0.25, 0.3) is 39.1 Å². The molecule has 0 aliphatic carbocycles. The molecule has 0 radical (unpaired) electrons. The van der Waals surface area contributed by atoms with Crippen LogP contribution in [0.5, 0.6) is 0 Å². The number of pyridine rings is 1. The van der Waals surface area contributed by atoms with Crippen molar-refractivity contribution in [1.82, 2.24) is 34.9 Å². The molecular weight excluding hydrogens is 630 g/mol. The minimum absolute atomic E-state index is 0.00300. The summed E-state index contributed by atoms with van der Waals surface area (Å²) < 4.78 is 32.3. The Morgan fingerprint density at radius 2 is 1.78 bits per heavy atom. The number of aromatic amines is 1. The number of fused-ring (bicyclic) bond motifs is 1. The smallest absolute Gasteiger partial charge is 0.280 e. The molecule has 0 spiro atoms. The Bertz CT molecular complexity index is 2020. The summed E-state index contributed by atoms with van der Waals surface area (Å²) in [5, 5.41) is 10.9. The highest BCUT2D eigenvalue weighted by atomic mass is 19.3. The normalized spacial score (nSPS) is 18.2. The van der Waals surface area contributed by atoms with Gasteiger partial charge in [0, 0.05) is 74.1 Å². The zero-order chi connectivity index (χ0) is 34.0. The van der Waals surface area contributed by atoms with Crippen molar-refractivity contribution in [2.45, 2.75) is 24.9 Å². The van der Waals surface area contributed by atoms with Crippen LogP contribution in [-0.4, -0.2) is 92.2 Å². The molecule has 11 nitrogen and oxygen atoms in total. The van der Waals surface area contributed by atoms with Gasteiger partial charge in [-0.1, -0.05) is 30.3 Å². The molecule has 1 atom stereocenters. The van der Waals surface area contributed by atoms with Crippen LogP contribution in [0.4, 0.5) is 14.5 Å². The minimum atomic E-state index is -2.71. The highest BCUT2D eigenvalue weighted by Gasteiger charge is 2.45. The van der Waals surface area contributed by atoms with Gasteiger partial charge < -0.3 is 15.0 Å². The van der Waals surface area contributed by atoms with Crippen molar-refractivity contribution in [1.29, 1.82) is 0 Å². The third kappa shape index (κ3) is 6.67. The molecule has 2 amide bonds. The first-order chi connectivity index (χ1) is 23.8. The lowest BCUT2D eigenvalue weighted by Gasteiger charge is -2.30. The standard InChI is InChI=1S/C36H34F2N8O3/c1-49-36(35(48)42-27-7-8-29-28(20-27)32(44-43-29)26-9-15-39-30(19-26)33(37)38)12-18-45(22-36)21-31(47)46-16-10-24(11-17-46)23-3-5-25(6-4-23)34-40-13-2-14-41-34/h2-10,13-15,19-20,33H,11-12,16-18,21-22H2,1H3,(H,42,48)(H,43,44). The minimum Gasteiger partial charge on any atom is -0.367 e. The molecule has 49 heavy (non-hydrogen) atoms. The quantitative estimate of drug-likeness (QED) is 0.215. The van der Waals surface area contributed by atoms with Gasteiger partial charge in [0.15, 0.2) is 11.4 Å². The number of ether oxygens (including phenoxy) is 1. The van der Waals surface area contributed by atoms with Crippen molar-refractivity contribution >= 4 is 34.0 Å². The number of likely N-dealkylation sites (tertiary alicyclic amines) is 1. The lowest BCUT2D eigenvalue weighted by Crippen LogP contribution is -2.48. The van der Waals surface area contributed by atoms with Crippen LogP contribution < -0.4 is 5.32 Å². The molecule has 2 aliphatic rings. The second kappa shape index (κ2) is 13.6. The van der Waals surface area contributed by atoms with Gasteiger partial charge in [0.2, 0.25) is 5.91 Å². The fourth-order valence-electron chi connectivity index (χ4n) is 6.44. The molecule has 1 saturated heterocycles. The third-order valence-electron chi connectivity index (χ3n) is 9.21. The summed E-state index contributed by atoms with van der Waals surface area (Å²) in [5.41, 5.74) is 3.93. The van der Waals surface area contributed by atoms with Gasteiger partial charge in [0.05, 0.1) is 12.1 Å². The van der Waals surface area contributed by atoms with Crippen LogP contribution in [0.15, 0.2) is 85.3 Å². The molecule has 5 aromatic rings. The van der Waals surface area contributed by atoms with E-state index in [1.54, 1.807) is 42.7 Å². The van der Waals surface area contributed by atoms with Crippen molar-refractivity contribution in [3.05, 3.63) is 96.6 Å². The number of H-pyrrole nitrogens is 1. The van der Waals surface area contributed by atoms with Gasteiger partial charge in [0.1, 0.15) is 11.4 Å². The van der Waals surface area contributed by atoms with Crippen LogP contribution in [0.3, 0.4) is 0 Å². The average Bonchev–Trinajstić information content (AvgIpc) is 3.77. The van der Waals surface area contributed by atoms with Gasteiger partial charge in [-0.2, -0.15) is 5.10 Å². The number of nitrogens with zero attached hydrogens (tertiary/aromatic N) is 6. The maximum absolute atomic E-state index is 13.6. The maximum atomic E-state index is 13.6. The predicted molar refractivity (Wildman–Crippen MR) is 180 cm³/mol. The van der Waals surface area contributed by atoms with Crippen LogP contribution in [0, 0.1) is 0 Å². The predicted octanol–water partition coefficient (Wildman–Crippen LogP) is 5.36. The maximum Gasteiger partial charge on any atom is 0.280 e. The van der Waals surface area contributed by atoms with Gasteiger partial charge in [-0.15, -0.1) is 0 Å². The van der Waals surface area contributed by atoms with E-state index >= 15 is 0 Å². The van der Waals surface area contributed by atoms with E-state index < -0.39 is 12.0 Å². The Kier molecular flexibility index (Phi) is 8.93. The number of methoxy groups -OCH3 is 1. The first kappa shape index (κ1) is 32.2. The number of halogens is 2. The van der Waals surface area contributed by atoms with E-state index in [2.05, 4.69) is 48.7 Å². The summed E-state index contributed by atoms with van der Waals surface area (Å²) in [5.74, 6) is 0.359. The van der Waals surface area contributed by atoms with Crippen molar-refractivity contribution in [2.24, 2.45) is 0 Å². The zero-order valence-electron chi connectivity index (χ0n) is 26.8. The van der Waals surface area contributed by atoms with Crippen LogP contribution >= 0.6 is 0 Å². The van der Waals surface area contributed by atoms with E-state index in [4.69, 9.17) is 4.74 Å². The molecule has 2 N–H and O–H groups in total. The Morgan fingerprint density at radius 3 is 2.51 bits per heavy atom. The van der Waals surface area contributed by atoms with Crippen molar-refractivity contribution in [2.75, 3.05) is 45.2 Å². The molecule has 3 aromatic heterocycles. The highest BCUT2D eigenvalue weighted by Crippen LogP contribution is 2.32. The Morgan fingerprint density at radius 1 is 0.980 bits per heavy atom. The Hall–Kier alpha value is -5.40. The monoisotopic (exact) mass is 664 g/mol. The molecular formula is C36H34F2N8O3. The number of hydrogen-bond donors (Lipinski definition) is 2. The van der Waals surface area contributed by atoms with Crippen LogP contribution in [0.1, 0.15) is 30.5 Å². The first-order valence-electron chi connectivity index (χ1n) is 16.0. The summed E-state index contributed by atoms with van der Waals surface area (Å²) >= 11 is 0. The number of hydrogen-bond acceptors (Lipinski definition) is 8. The largest absolute Gasteiger partial charge is 0.367 e. The molecule has 7 rings (SSSR count). The number of benzene rings is 2. The van der Waals surface area contributed by atoms with E-state index in [1.807, 2.05) is 21.9 Å². The molecule has 2 aliphatic heterocycles. The first-order valence-corrected chi connectivity index (χ1v) is 16.0. The average molecular weight is 665 g/mol. The topological polar surface area (TPSA) is 129 Å². The molecule has 250 valence electrons. The number of alkyl halides is 2. The van der Waals surface area contributed by atoms with Gasteiger partial charge in [-0.25, -0.2) is 18.7 Å². The van der Waals surface area contributed by atoms with Crippen molar-refractivity contribution in [3.63, 3.8) is 0 Å². The third-order valence-corrected chi connectivity index (χ3v) is 9.21. The summed E-state index contributed by atoms with van der Waals surface area (Å²) in [6.45, 7) is 2.10. The lowest BCUT2D eigenvalue weighted by atomic mass is 9.98. The van der Waals surface area contributed by atoms with Gasteiger partial charge in [-0.05, 0) is 60.4 Å². The molecule has 5 heterocycles. The van der Waals surface area contributed by atoms with Crippen LogP contribution in [-0.2, 0) is 14.3 Å². The number of nitrogens with one attached hydrogen (secondary N) is 2. The fraction of sp³-hybridized carbons (Fsp3) is 0.278. The van der Waals surface area contributed by atoms with Gasteiger partial charge >= 0.3 is 0 Å². The van der Waals surface area contributed by atoms with E-state index in [9.17, 15) is 18.4 Å². The number of carbonyl (C=O) groups excluding carboxylic acids is 2. The molecule has 0 bridgehead atoms. The molecule has 13 heteroatoms. The number of carbonyl (C=O) groups is 2. The molecule has 0 saturated carbocycles. The lowest BCUT2D eigenvalue weighted by molar-refractivity contribution is -0.138. The Balaban J connectivity index is 0.967. The summed E-state index contributed by atoms with van der Waals surface area (Å²) in [7, 11) is 1.50. The second-order valence-corrected chi connectivity index (χ2v) is 12.2. The van der Waals surface area contributed by atoms with Crippen molar-refractivity contribution < 1.29 is 23.1 Å². The fourth-order valence-corrected chi connectivity index (χ4v) is 6.44. The summed E-state index contributed by atoms with van der Waals surface area (Å²) in [4.78, 5) is 43.1. The molecule has 1 unspecified atom stereocenters. The molecule has 2 aromatic carbocycles. The van der Waals surface area contributed by atoms with E-state index in [0.717, 1.165) is 17.5 Å². The van der Waals surface area contributed by atoms with Crippen LogP contribution in [0.2, 0.25) is 0 Å². The summed E-state index contributed by atoms with van der Waals surface area (Å²) in [6, 6.07) is 18.1. The zero-order valence-corrected chi connectivity index (χ0v) is 26.8. The Labute approximate surface area is 281 Å². The van der Waals surface area contributed by atoms with Gasteiger partial charge in [-0.3, -0.25) is 24.6 Å². The number of aromatic nitrogens is 5. The van der Waals surface area contributed by atoms with Crippen molar-refractivity contribution in [3.8, 4) is 22.6 Å². The van der Waals surface area contributed by atoms with Gasteiger partial charge in [0.25, 0.3) is 12.3 Å².